The lowest BCUT2D eigenvalue weighted by Gasteiger charge is -2.26. The van der Waals surface area contributed by atoms with Crippen molar-refractivity contribution >= 4 is 22.9 Å². The van der Waals surface area contributed by atoms with Crippen LogP contribution in [0.5, 0.6) is 5.75 Å². The molecule has 1 amide bonds. The summed E-state index contributed by atoms with van der Waals surface area (Å²) in [5.41, 5.74) is 3.02. The number of nitriles is 1. The van der Waals surface area contributed by atoms with Gasteiger partial charge in [0, 0.05) is 12.6 Å². The van der Waals surface area contributed by atoms with Gasteiger partial charge >= 0.3 is 0 Å². The van der Waals surface area contributed by atoms with Gasteiger partial charge in [0.25, 0.3) is 5.91 Å². The molecular weight excluding hydrogens is 344 g/mol. The first-order valence-electron chi connectivity index (χ1n) is 9.01. The van der Waals surface area contributed by atoms with Crippen molar-refractivity contribution in [2.45, 2.75) is 45.4 Å². The zero-order valence-corrected chi connectivity index (χ0v) is 15.1. The molecule has 1 aromatic carbocycles. The van der Waals surface area contributed by atoms with Crippen LogP contribution in [0, 0.1) is 18.3 Å². The number of imidazole rings is 1. The van der Waals surface area contributed by atoms with E-state index in [2.05, 4.69) is 21.5 Å². The second-order valence-electron chi connectivity index (χ2n) is 7.20. The summed E-state index contributed by atoms with van der Waals surface area (Å²) >= 11 is 0. The summed E-state index contributed by atoms with van der Waals surface area (Å²) in [5, 5.41) is 16.6. The second kappa shape index (κ2) is 5.33. The van der Waals surface area contributed by atoms with E-state index in [0.717, 1.165) is 24.1 Å². The zero-order valence-electron chi connectivity index (χ0n) is 15.1. The quantitative estimate of drug-likeness (QED) is 0.772. The molecule has 5 rings (SSSR count). The molecule has 3 heterocycles. The average molecular weight is 362 g/mol. The maximum atomic E-state index is 12.8. The van der Waals surface area contributed by atoms with Crippen LogP contribution >= 0.6 is 0 Å². The van der Waals surface area contributed by atoms with E-state index in [9.17, 15) is 10.1 Å². The molecule has 0 radical (unpaired) electrons. The smallest absolute Gasteiger partial charge is 0.276 e. The van der Waals surface area contributed by atoms with Gasteiger partial charge in [-0.1, -0.05) is 0 Å². The Morgan fingerprint density at radius 2 is 2.22 bits per heavy atom. The van der Waals surface area contributed by atoms with Gasteiger partial charge in [-0.3, -0.25) is 14.8 Å². The Balaban J connectivity index is 1.59. The second-order valence-corrected chi connectivity index (χ2v) is 7.20. The number of aryl methyl sites for hydroxylation is 2. The number of anilines is 1. The standard InChI is InChI=1S/C19H18N6O2/c1-3-25-14(6-11(2)23-25)17(26)22-18-21-13-7-12(9-20)8-15-16(13)24(18)10-19(27-15)4-5-19/h6-8H,3-5,10H2,1-2H3,(H,21,22,26). The average Bonchev–Trinajstić information content (AvgIpc) is 3.13. The molecular formula is C19H18N6O2. The van der Waals surface area contributed by atoms with E-state index >= 15 is 0 Å². The Bertz CT molecular complexity index is 1150. The van der Waals surface area contributed by atoms with E-state index in [1.165, 1.54) is 0 Å². The fraction of sp³-hybridized carbons (Fsp3) is 0.368. The van der Waals surface area contributed by atoms with Crippen LogP contribution in [0.25, 0.3) is 11.0 Å². The summed E-state index contributed by atoms with van der Waals surface area (Å²) < 4.78 is 9.82. The molecule has 0 unspecified atom stereocenters. The lowest BCUT2D eigenvalue weighted by Crippen LogP contribution is -2.30. The number of benzene rings is 1. The molecule has 1 N–H and O–H groups in total. The van der Waals surface area contributed by atoms with E-state index in [1.54, 1.807) is 22.9 Å². The van der Waals surface area contributed by atoms with Crippen LogP contribution in [0.2, 0.25) is 0 Å². The Morgan fingerprint density at radius 1 is 1.41 bits per heavy atom. The highest BCUT2D eigenvalue weighted by Crippen LogP contribution is 2.48. The van der Waals surface area contributed by atoms with Crippen molar-refractivity contribution in [2.75, 3.05) is 5.32 Å². The fourth-order valence-electron chi connectivity index (χ4n) is 3.71. The molecule has 1 aliphatic carbocycles. The molecule has 2 aromatic heterocycles. The Hall–Kier alpha value is -3.34. The topological polar surface area (TPSA) is 97.8 Å². The van der Waals surface area contributed by atoms with Gasteiger partial charge in [0.05, 0.1) is 29.4 Å². The first-order chi connectivity index (χ1) is 13.0. The predicted octanol–water partition coefficient (Wildman–Crippen LogP) is 2.61. The van der Waals surface area contributed by atoms with Crippen LogP contribution in [0.3, 0.4) is 0 Å². The van der Waals surface area contributed by atoms with E-state index < -0.39 is 0 Å². The normalized spacial score (nSPS) is 16.2. The van der Waals surface area contributed by atoms with Crippen molar-refractivity contribution in [1.82, 2.24) is 19.3 Å². The predicted molar refractivity (Wildman–Crippen MR) is 97.6 cm³/mol. The van der Waals surface area contributed by atoms with E-state index in [-0.39, 0.29) is 11.5 Å². The maximum Gasteiger partial charge on any atom is 0.276 e. The van der Waals surface area contributed by atoms with Crippen molar-refractivity contribution < 1.29 is 9.53 Å². The molecule has 1 aliphatic heterocycles. The van der Waals surface area contributed by atoms with Crippen LogP contribution in [0.4, 0.5) is 5.95 Å². The third kappa shape index (κ3) is 2.39. The van der Waals surface area contributed by atoms with Gasteiger partial charge in [0.2, 0.25) is 5.95 Å². The molecule has 0 saturated heterocycles. The summed E-state index contributed by atoms with van der Waals surface area (Å²) in [7, 11) is 0. The van der Waals surface area contributed by atoms with Crippen molar-refractivity contribution in [2.24, 2.45) is 0 Å². The van der Waals surface area contributed by atoms with E-state index in [0.29, 0.717) is 41.6 Å². The van der Waals surface area contributed by atoms with Crippen LogP contribution in [0.15, 0.2) is 18.2 Å². The third-order valence-corrected chi connectivity index (χ3v) is 5.18. The minimum absolute atomic E-state index is 0.240. The van der Waals surface area contributed by atoms with Crippen molar-refractivity contribution in [3.63, 3.8) is 0 Å². The van der Waals surface area contributed by atoms with E-state index in [4.69, 9.17) is 4.74 Å². The molecule has 8 heteroatoms. The number of hydrogen-bond acceptors (Lipinski definition) is 5. The van der Waals surface area contributed by atoms with Crippen LogP contribution in [-0.2, 0) is 13.1 Å². The molecule has 136 valence electrons. The van der Waals surface area contributed by atoms with Gasteiger partial charge < -0.3 is 9.30 Å². The van der Waals surface area contributed by atoms with Gasteiger partial charge in [-0.05, 0) is 38.8 Å². The Kier molecular flexibility index (Phi) is 3.13. The van der Waals surface area contributed by atoms with Crippen molar-refractivity contribution in [1.29, 1.82) is 5.26 Å². The molecule has 1 fully saturated rings. The fourth-order valence-corrected chi connectivity index (χ4v) is 3.71. The minimum Gasteiger partial charge on any atom is -0.483 e. The van der Waals surface area contributed by atoms with Gasteiger partial charge in [-0.15, -0.1) is 0 Å². The summed E-state index contributed by atoms with van der Waals surface area (Å²) in [4.78, 5) is 17.4. The minimum atomic E-state index is -0.248. The molecule has 0 atom stereocenters. The monoisotopic (exact) mass is 362 g/mol. The van der Waals surface area contributed by atoms with Crippen LogP contribution in [-0.4, -0.2) is 30.8 Å². The molecule has 8 nitrogen and oxygen atoms in total. The highest BCUT2D eigenvalue weighted by molar-refractivity contribution is 6.03. The molecule has 1 saturated carbocycles. The Labute approximate surface area is 155 Å². The number of hydrogen-bond donors (Lipinski definition) is 1. The third-order valence-electron chi connectivity index (χ3n) is 5.18. The van der Waals surface area contributed by atoms with Gasteiger partial charge in [-0.25, -0.2) is 4.98 Å². The summed E-state index contributed by atoms with van der Waals surface area (Å²) in [6.45, 7) is 5.06. The molecule has 2 aliphatic rings. The van der Waals surface area contributed by atoms with Crippen molar-refractivity contribution in [3.8, 4) is 11.8 Å². The van der Waals surface area contributed by atoms with Crippen LogP contribution < -0.4 is 10.1 Å². The van der Waals surface area contributed by atoms with Crippen LogP contribution in [0.1, 0.15) is 41.5 Å². The number of rotatable bonds is 3. The number of nitrogens with zero attached hydrogens (tertiary/aromatic N) is 5. The number of nitrogens with one attached hydrogen (secondary N) is 1. The summed E-state index contributed by atoms with van der Waals surface area (Å²) in [6, 6.07) is 7.39. The molecule has 3 aromatic rings. The number of amides is 1. The highest BCUT2D eigenvalue weighted by Gasteiger charge is 2.49. The maximum absolute atomic E-state index is 12.8. The van der Waals surface area contributed by atoms with Gasteiger partial charge in [0.15, 0.2) is 0 Å². The first-order valence-corrected chi connectivity index (χ1v) is 9.01. The Morgan fingerprint density at radius 3 is 2.93 bits per heavy atom. The lowest BCUT2D eigenvalue weighted by molar-refractivity contribution is 0.101. The largest absolute Gasteiger partial charge is 0.483 e. The summed E-state index contributed by atoms with van der Waals surface area (Å²) in [6.07, 6.45) is 1.91. The lowest BCUT2D eigenvalue weighted by atomic mass is 10.1. The summed E-state index contributed by atoms with van der Waals surface area (Å²) in [5.74, 6) is 0.889. The number of carbonyl (C=O) groups excluding carboxylic acids is 1. The van der Waals surface area contributed by atoms with Gasteiger partial charge in [-0.2, -0.15) is 10.4 Å². The van der Waals surface area contributed by atoms with Gasteiger partial charge in [0.1, 0.15) is 22.6 Å². The number of carbonyl (C=O) groups is 1. The van der Waals surface area contributed by atoms with Crippen molar-refractivity contribution in [3.05, 3.63) is 35.2 Å². The molecule has 0 bridgehead atoms. The molecule has 27 heavy (non-hydrogen) atoms. The zero-order chi connectivity index (χ0) is 18.8. The first kappa shape index (κ1) is 15.9. The SMILES string of the molecule is CCn1nc(C)cc1C(=O)Nc1nc2cc(C#N)cc3c2n1CC1(CC1)O3. The molecule has 1 spiro atoms. The highest BCUT2D eigenvalue weighted by atomic mass is 16.5. The number of aromatic nitrogens is 4. The number of ether oxygens (including phenoxy) is 1. The van der Waals surface area contributed by atoms with E-state index in [1.807, 2.05) is 18.4 Å².